The molecule has 1 N–H and O–H groups in total. The van der Waals surface area contributed by atoms with Crippen molar-refractivity contribution in [2.75, 3.05) is 18.4 Å². The van der Waals surface area contributed by atoms with E-state index >= 15 is 0 Å². The second-order valence-electron chi connectivity index (χ2n) is 5.44. The highest BCUT2D eigenvalue weighted by atomic mass is 16.2. The average Bonchev–Trinajstić information content (AvgIpc) is 3.17. The van der Waals surface area contributed by atoms with Crippen LogP contribution in [0.1, 0.15) is 18.5 Å². The van der Waals surface area contributed by atoms with E-state index in [1.165, 1.54) is 0 Å². The predicted molar refractivity (Wildman–Crippen MR) is 90.4 cm³/mol. The first kappa shape index (κ1) is 15.7. The first-order valence-corrected chi connectivity index (χ1v) is 7.81. The molecule has 0 spiro atoms. The number of carbonyl (C=O) groups excluding carboxylic acids is 1. The van der Waals surface area contributed by atoms with Gasteiger partial charge in [-0.15, -0.1) is 0 Å². The minimum Gasteiger partial charge on any atom is -0.345 e. The van der Waals surface area contributed by atoms with Gasteiger partial charge in [-0.25, -0.2) is 0 Å². The molecule has 1 fully saturated rings. The summed E-state index contributed by atoms with van der Waals surface area (Å²) in [7, 11) is 0. The van der Waals surface area contributed by atoms with Gasteiger partial charge in [-0.05, 0) is 37.1 Å². The van der Waals surface area contributed by atoms with Crippen molar-refractivity contribution < 1.29 is 4.79 Å². The Morgan fingerprint density at radius 2 is 2.00 bits per heavy atom. The van der Waals surface area contributed by atoms with Gasteiger partial charge in [0.25, 0.3) is 5.91 Å². The van der Waals surface area contributed by atoms with Gasteiger partial charge in [-0.3, -0.25) is 14.8 Å². The molecule has 0 saturated carbocycles. The van der Waals surface area contributed by atoms with Crippen molar-refractivity contribution in [1.82, 2.24) is 14.9 Å². The van der Waals surface area contributed by atoms with Crippen molar-refractivity contribution in [3.05, 3.63) is 60.3 Å². The van der Waals surface area contributed by atoms with Crippen molar-refractivity contribution in [1.29, 1.82) is 5.26 Å². The van der Waals surface area contributed by atoms with Gasteiger partial charge < -0.3 is 10.2 Å². The molecule has 0 radical (unpaired) electrons. The second kappa shape index (κ2) is 7.38. The molecule has 2 aromatic rings. The number of hydrogen-bond donors (Lipinski definition) is 1. The molecular formula is C18H17N5O. The van der Waals surface area contributed by atoms with Crippen LogP contribution in [-0.4, -0.2) is 33.9 Å². The molecule has 1 aliphatic rings. The lowest BCUT2D eigenvalue weighted by atomic mass is 10.1. The molecule has 6 nitrogen and oxygen atoms in total. The van der Waals surface area contributed by atoms with Crippen LogP contribution in [0.25, 0.3) is 5.57 Å². The zero-order valence-corrected chi connectivity index (χ0v) is 13.1. The summed E-state index contributed by atoms with van der Waals surface area (Å²) in [5.41, 5.74) is 1.61. The summed E-state index contributed by atoms with van der Waals surface area (Å²) in [4.78, 5) is 23.0. The standard InChI is InChI=1S/C18H17N5O/c19-12-16(22-14-6-5-8-20-13-14)17(15-7-1-2-9-21-15)18(24)23-10-3-4-11-23/h1-2,5-9,13,22H,3-4,10-11H2/b17-16+. The number of likely N-dealkylation sites (tertiary alicyclic amines) is 1. The highest BCUT2D eigenvalue weighted by Gasteiger charge is 2.26. The maximum atomic E-state index is 13.0. The number of nitriles is 1. The van der Waals surface area contributed by atoms with Crippen LogP contribution in [0.5, 0.6) is 0 Å². The lowest BCUT2D eigenvalue weighted by Gasteiger charge is -2.19. The summed E-state index contributed by atoms with van der Waals surface area (Å²) in [5, 5.41) is 12.6. The van der Waals surface area contributed by atoms with Crippen LogP contribution in [-0.2, 0) is 4.79 Å². The van der Waals surface area contributed by atoms with Crippen molar-refractivity contribution in [2.24, 2.45) is 0 Å². The number of amides is 1. The van der Waals surface area contributed by atoms with E-state index in [1.54, 1.807) is 53.8 Å². The van der Waals surface area contributed by atoms with Crippen LogP contribution in [0.2, 0.25) is 0 Å². The largest absolute Gasteiger partial charge is 0.345 e. The highest BCUT2D eigenvalue weighted by Crippen LogP contribution is 2.23. The summed E-state index contributed by atoms with van der Waals surface area (Å²) >= 11 is 0. The smallest absolute Gasteiger partial charge is 0.258 e. The number of nitrogens with one attached hydrogen (secondary N) is 1. The zero-order valence-electron chi connectivity index (χ0n) is 13.1. The summed E-state index contributed by atoms with van der Waals surface area (Å²) in [6.07, 6.45) is 6.84. The van der Waals surface area contributed by atoms with Crippen LogP contribution in [0.4, 0.5) is 5.69 Å². The molecule has 3 rings (SSSR count). The van der Waals surface area contributed by atoms with E-state index in [0.717, 1.165) is 12.8 Å². The quantitative estimate of drug-likeness (QED) is 0.691. The Hall–Kier alpha value is -3.20. The van der Waals surface area contributed by atoms with Crippen molar-refractivity contribution in [3.63, 3.8) is 0 Å². The number of nitrogens with zero attached hydrogens (tertiary/aromatic N) is 4. The number of allylic oxidation sites excluding steroid dienone is 1. The lowest BCUT2D eigenvalue weighted by molar-refractivity contribution is -0.124. The Bertz CT molecular complexity index is 774. The van der Waals surface area contributed by atoms with Crippen LogP contribution < -0.4 is 5.32 Å². The van der Waals surface area contributed by atoms with E-state index in [2.05, 4.69) is 21.4 Å². The van der Waals surface area contributed by atoms with E-state index < -0.39 is 0 Å². The van der Waals surface area contributed by atoms with Gasteiger partial charge in [0.2, 0.25) is 0 Å². The Morgan fingerprint density at radius 1 is 1.17 bits per heavy atom. The molecule has 2 aromatic heterocycles. The number of anilines is 1. The third-order valence-electron chi connectivity index (χ3n) is 3.82. The number of hydrogen-bond acceptors (Lipinski definition) is 5. The minimum atomic E-state index is -0.167. The third kappa shape index (κ3) is 3.41. The average molecular weight is 319 g/mol. The first-order chi connectivity index (χ1) is 11.8. The lowest BCUT2D eigenvalue weighted by Crippen LogP contribution is -2.30. The van der Waals surface area contributed by atoms with E-state index in [0.29, 0.717) is 30.0 Å². The predicted octanol–water partition coefficient (Wildman–Crippen LogP) is 2.45. The Morgan fingerprint density at radius 3 is 2.62 bits per heavy atom. The molecule has 0 atom stereocenters. The van der Waals surface area contributed by atoms with Gasteiger partial charge in [0, 0.05) is 25.5 Å². The maximum Gasteiger partial charge on any atom is 0.258 e. The van der Waals surface area contributed by atoms with E-state index in [4.69, 9.17) is 0 Å². The molecule has 1 saturated heterocycles. The monoisotopic (exact) mass is 319 g/mol. The Balaban J connectivity index is 2.04. The van der Waals surface area contributed by atoms with Crippen LogP contribution in [0, 0.1) is 11.3 Å². The summed E-state index contributed by atoms with van der Waals surface area (Å²) in [5.74, 6) is -0.167. The number of carbonyl (C=O) groups is 1. The second-order valence-corrected chi connectivity index (χ2v) is 5.44. The number of aromatic nitrogens is 2. The maximum absolute atomic E-state index is 13.0. The molecule has 1 aliphatic heterocycles. The highest BCUT2D eigenvalue weighted by molar-refractivity contribution is 6.21. The van der Waals surface area contributed by atoms with Gasteiger partial charge in [0.1, 0.15) is 11.8 Å². The molecule has 0 aromatic carbocycles. The zero-order chi connectivity index (χ0) is 16.8. The van der Waals surface area contributed by atoms with Crippen LogP contribution in [0.15, 0.2) is 54.6 Å². The third-order valence-corrected chi connectivity index (χ3v) is 3.82. The van der Waals surface area contributed by atoms with E-state index in [9.17, 15) is 10.1 Å². The van der Waals surface area contributed by atoms with Gasteiger partial charge >= 0.3 is 0 Å². The first-order valence-electron chi connectivity index (χ1n) is 7.81. The molecule has 120 valence electrons. The molecule has 1 amide bonds. The Labute approximate surface area is 140 Å². The van der Waals surface area contributed by atoms with Gasteiger partial charge in [-0.2, -0.15) is 5.26 Å². The normalized spacial score (nSPS) is 14.7. The summed E-state index contributed by atoms with van der Waals surface area (Å²) < 4.78 is 0. The van der Waals surface area contributed by atoms with E-state index in [-0.39, 0.29) is 11.6 Å². The fourth-order valence-electron chi connectivity index (χ4n) is 2.66. The van der Waals surface area contributed by atoms with E-state index in [1.807, 2.05) is 0 Å². The van der Waals surface area contributed by atoms with Crippen LogP contribution in [0.3, 0.4) is 0 Å². The fraction of sp³-hybridized carbons (Fsp3) is 0.222. The molecule has 6 heteroatoms. The summed E-state index contributed by atoms with van der Waals surface area (Å²) in [6, 6.07) is 11.0. The van der Waals surface area contributed by atoms with Crippen molar-refractivity contribution >= 4 is 17.2 Å². The molecule has 0 aliphatic carbocycles. The van der Waals surface area contributed by atoms with Crippen molar-refractivity contribution in [3.8, 4) is 6.07 Å². The molecular weight excluding hydrogens is 302 g/mol. The fourth-order valence-corrected chi connectivity index (χ4v) is 2.66. The number of pyridine rings is 2. The minimum absolute atomic E-state index is 0.167. The SMILES string of the molecule is N#C/C(Nc1cccnc1)=C(\C(=O)N1CCCC1)c1ccccn1. The van der Waals surface area contributed by atoms with Gasteiger partial charge in [0.15, 0.2) is 0 Å². The topological polar surface area (TPSA) is 81.9 Å². The van der Waals surface area contributed by atoms with Gasteiger partial charge in [-0.1, -0.05) is 6.07 Å². The number of rotatable bonds is 4. The van der Waals surface area contributed by atoms with Crippen molar-refractivity contribution in [2.45, 2.75) is 12.8 Å². The Kier molecular flexibility index (Phi) is 4.82. The molecule has 3 heterocycles. The molecule has 0 unspecified atom stereocenters. The summed E-state index contributed by atoms with van der Waals surface area (Å²) in [6.45, 7) is 1.42. The van der Waals surface area contributed by atoms with Crippen LogP contribution >= 0.6 is 0 Å². The molecule has 0 bridgehead atoms. The molecule has 24 heavy (non-hydrogen) atoms. The van der Waals surface area contributed by atoms with Gasteiger partial charge in [0.05, 0.1) is 23.2 Å².